The highest BCUT2D eigenvalue weighted by molar-refractivity contribution is 6.32. The first-order valence-electron chi connectivity index (χ1n) is 22.7. The summed E-state index contributed by atoms with van der Waals surface area (Å²) in [5.74, 6) is -0.999. The van der Waals surface area contributed by atoms with Crippen molar-refractivity contribution in [2.75, 3.05) is 27.2 Å². The van der Waals surface area contributed by atoms with Crippen LogP contribution in [0.4, 0.5) is 0 Å². The predicted octanol–water partition coefficient (Wildman–Crippen LogP) is 10.1. The molecule has 0 spiro atoms. The van der Waals surface area contributed by atoms with Crippen LogP contribution in [0.1, 0.15) is 69.5 Å². The van der Waals surface area contributed by atoms with E-state index >= 15 is 0 Å². The molecule has 0 saturated heterocycles. The lowest BCUT2D eigenvalue weighted by molar-refractivity contribution is -0.141. The number of hydrogen-bond donors (Lipinski definition) is 4. The van der Waals surface area contributed by atoms with Gasteiger partial charge in [0.05, 0.1) is 21.9 Å². The number of carboxylic acid groups (broad SMARTS) is 2. The van der Waals surface area contributed by atoms with E-state index in [-0.39, 0.29) is 39.5 Å². The number of aliphatic imine (C=N–C) groups is 2. The maximum absolute atomic E-state index is 11.5. The van der Waals surface area contributed by atoms with E-state index in [1.165, 1.54) is 0 Å². The third kappa shape index (κ3) is 14.6. The van der Waals surface area contributed by atoms with Crippen LogP contribution in [-0.4, -0.2) is 71.7 Å². The molecule has 0 amide bonds. The van der Waals surface area contributed by atoms with E-state index in [1.54, 1.807) is 89.4 Å². The van der Waals surface area contributed by atoms with Gasteiger partial charge in [-0.05, 0) is 71.5 Å². The molecule has 2 aromatic heterocycles. The van der Waals surface area contributed by atoms with Crippen molar-refractivity contribution in [3.05, 3.63) is 163 Å². The Morgan fingerprint density at radius 1 is 0.586 bits per heavy atom. The Balaban J connectivity index is 1.19. The molecule has 366 valence electrons. The second-order valence-electron chi connectivity index (χ2n) is 16.9. The van der Waals surface area contributed by atoms with E-state index in [0.29, 0.717) is 46.1 Å². The number of rotatable bonds is 25. The fraction of sp³-hybridized carbons (Fsp3) is 0.296. The minimum absolute atomic E-state index is 0.218. The van der Waals surface area contributed by atoms with Crippen LogP contribution in [0.2, 0.25) is 10.0 Å². The Kier molecular flexibility index (Phi) is 19.3. The summed E-state index contributed by atoms with van der Waals surface area (Å²) in [6.45, 7) is 9.47. The molecule has 6 rings (SSSR count). The summed E-state index contributed by atoms with van der Waals surface area (Å²) in [6.07, 6.45) is 10.3. The summed E-state index contributed by atoms with van der Waals surface area (Å²) in [5, 5.41) is 26.0. The molecule has 0 unspecified atom stereocenters. The molecule has 0 bridgehead atoms. The van der Waals surface area contributed by atoms with Gasteiger partial charge in [0.2, 0.25) is 0 Å². The SMILES string of the molecule is C/N=C/c1cncc(COc2cc(OCc3cccc(-c4cccc(COc5cc(OCc6cncc(/C=N/C)c6)c(CNC[C@H](C)C(=O)O)cc5Cl)c4C)c3C)c(Cl)cc2CNC[C@H](C)C(=O)O)c1. The lowest BCUT2D eigenvalue weighted by Gasteiger charge is -2.19. The van der Waals surface area contributed by atoms with Gasteiger partial charge in [0.25, 0.3) is 0 Å². The second kappa shape index (κ2) is 25.7. The van der Waals surface area contributed by atoms with E-state index in [4.69, 9.17) is 42.1 Å². The third-order valence-corrected chi connectivity index (χ3v) is 12.1. The highest BCUT2D eigenvalue weighted by atomic mass is 35.5. The average Bonchev–Trinajstić information content (AvgIpc) is 3.34. The van der Waals surface area contributed by atoms with E-state index < -0.39 is 23.8 Å². The van der Waals surface area contributed by atoms with E-state index in [2.05, 4.69) is 56.6 Å². The van der Waals surface area contributed by atoms with Crippen molar-refractivity contribution in [1.29, 1.82) is 0 Å². The Labute approximate surface area is 418 Å². The lowest BCUT2D eigenvalue weighted by Crippen LogP contribution is -2.26. The summed E-state index contributed by atoms with van der Waals surface area (Å²) in [4.78, 5) is 39.7. The van der Waals surface area contributed by atoms with Crippen LogP contribution in [0.25, 0.3) is 11.1 Å². The first-order valence-corrected chi connectivity index (χ1v) is 23.4. The number of nitrogens with one attached hydrogen (secondary N) is 2. The lowest BCUT2D eigenvalue weighted by atomic mass is 9.92. The van der Waals surface area contributed by atoms with Crippen molar-refractivity contribution < 1.29 is 38.7 Å². The van der Waals surface area contributed by atoms with Gasteiger partial charge in [0.15, 0.2) is 0 Å². The van der Waals surface area contributed by atoms with Crippen LogP contribution < -0.4 is 29.6 Å². The fourth-order valence-electron chi connectivity index (χ4n) is 7.45. The molecule has 0 fully saturated rings. The Morgan fingerprint density at radius 2 is 0.986 bits per heavy atom. The molecule has 16 heteroatoms. The number of carbonyl (C=O) groups is 2. The zero-order chi connectivity index (χ0) is 50.2. The van der Waals surface area contributed by atoms with E-state index in [1.807, 2.05) is 36.4 Å². The molecule has 0 saturated carbocycles. The van der Waals surface area contributed by atoms with Crippen LogP contribution in [0.3, 0.4) is 0 Å². The molecule has 0 aliphatic carbocycles. The summed E-state index contributed by atoms with van der Waals surface area (Å²) in [7, 11) is 3.40. The number of carboxylic acids is 2. The van der Waals surface area contributed by atoms with Gasteiger partial charge in [0, 0.05) is 123 Å². The van der Waals surface area contributed by atoms with Crippen molar-refractivity contribution >= 4 is 47.6 Å². The monoisotopic (exact) mass is 988 g/mol. The molecule has 4 N–H and O–H groups in total. The average molecular weight is 990 g/mol. The highest BCUT2D eigenvalue weighted by Crippen LogP contribution is 2.37. The molecule has 70 heavy (non-hydrogen) atoms. The second-order valence-corrected chi connectivity index (χ2v) is 17.7. The number of halogens is 2. The van der Waals surface area contributed by atoms with Crippen molar-refractivity contribution in [2.45, 2.75) is 67.2 Å². The summed E-state index contributed by atoms with van der Waals surface area (Å²) in [5.41, 5.74) is 10.9. The molecule has 0 radical (unpaired) electrons. The van der Waals surface area contributed by atoms with Crippen molar-refractivity contribution in [1.82, 2.24) is 20.6 Å². The first kappa shape index (κ1) is 52.5. The molecule has 2 atom stereocenters. The first-order chi connectivity index (χ1) is 33.7. The number of hydrogen-bond acceptors (Lipinski definition) is 12. The molecule has 14 nitrogen and oxygen atoms in total. The third-order valence-electron chi connectivity index (χ3n) is 11.5. The van der Waals surface area contributed by atoms with Crippen LogP contribution in [-0.2, 0) is 49.1 Å². The van der Waals surface area contributed by atoms with Gasteiger partial charge in [-0.15, -0.1) is 0 Å². The van der Waals surface area contributed by atoms with E-state index in [0.717, 1.165) is 66.8 Å². The van der Waals surface area contributed by atoms with Crippen LogP contribution >= 0.6 is 23.2 Å². The van der Waals surface area contributed by atoms with Gasteiger partial charge < -0.3 is 39.8 Å². The van der Waals surface area contributed by atoms with Gasteiger partial charge in [-0.3, -0.25) is 29.5 Å². The topological polar surface area (TPSA) is 186 Å². The number of aliphatic carboxylic acids is 2. The molecule has 4 aromatic carbocycles. The van der Waals surface area contributed by atoms with Gasteiger partial charge in [-0.25, -0.2) is 0 Å². The maximum Gasteiger partial charge on any atom is 0.307 e. The Bertz CT molecular complexity index is 2650. The van der Waals surface area contributed by atoms with E-state index in [9.17, 15) is 19.8 Å². The minimum Gasteiger partial charge on any atom is -0.488 e. The largest absolute Gasteiger partial charge is 0.488 e. The van der Waals surface area contributed by atoms with Gasteiger partial charge in [-0.1, -0.05) is 73.4 Å². The standard InChI is InChI=1S/C54H58Cl2N6O8/c1-33(53(63)64)19-59-27-43-15-47(55)51(17-49(43)67-29-39-13-37(21-57-5)23-61-25-39)69-31-41-9-7-11-45(35(41)3)46-12-8-10-42(36(46)4)32-70-52-18-50(68-30-40-14-38(22-58-6)24-62-26-40)44(16-48(52)56)28-60-20-34(2)54(65)66/h7-18,21-26,33-34,59-60H,19-20,27-32H2,1-6H3,(H,63,64)(H,65,66)/b57-21+,58-22+/t33-,34-/m0/s1. The summed E-state index contributed by atoms with van der Waals surface area (Å²) in [6, 6.07) is 23.2. The van der Waals surface area contributed by atoms with Crippen molar-refractivity contribution in [3.63, 3.8) is 0 Å². The Hall–Kier alpha value is -6.84. The Morgan fingerprint density at radius 3 is 1.37 bits per heavy atom. The molecule has 0 aliphatic rings. The zero-order valence-corrected chi connectivity index (χ0v) is 41.6. The predicted molar refractivity (Wildman–Crippen MR) is 274 cm³/mol. The number of pyridine rings is 2. The smallest absolute Gasteiger partial charge is 0.307 e. The number of ether oxygens (including phenoxy) is 4. The number of aromatic nitrogens is 2. The molecule has 2 heterocycles. The summed E-state index contributed by atoms with van der Waals surface area (Å²) < 4.78 is 25.5. The summed E-state index contributed by atoms with van der Waals surface area (Å²) >= 11 is 13.7. The molecular formula is C54H58Cl2N6O8. The van der Waals surface area contributed by atoms with Gasteiger partial charge >= 0.3 is 11.9 Å². The number of benzene rings is 4. The van der Waals surface area contributed by atoms with Gasteiger partial charge in [0.1, 0.15) is 49.4 Å². The number of nitrogens with zero attached hydrogens (tertiary/aromatic N) is 4. The van der Waals surface area contributed by atoms with Crippen LogP contribution in [0.15, 0.2) is 108 Å². The normalized spacial score (nSPS) is 12.3. The zero-order valence-electron chi connectivity index (χ0n) is 40.1. The quantitative estimate of drug-likeness (QED) is 0.0399. The van der Waals surface area contributed by atoms with Crippen molar-refractivity contribution in [2.24, 2.45) is 21.8 Å². The van der Waals surface area contributed by atoms with Crippen molar-refractivity contribution in [3.8, 4) is 34.1 Å². The molecule has 6 aromatic rings. The van der Waals surface area contributed by atoms with Crippen LogP contribution in [0, 0.1) is 25.7 Å². The van der Waals surface area contributed by atoms with Crippen LogP contribution in [0.5, 0.6) is 23.0 Å². The minimum atomic E-state index is -0.887. The fourth-order valence-corrected chi connectivity index (χ4v) is 7.93. The maximum atomic E-state index is 11.5. The van der Waals surface area contributed by atoms with Gasteiger partial charge in [-0.2, -0.15) is 0 Å². The molecular weight excluding hydrogens is 932 g/mol. The molecule has 0 aliphatic heterocycles. The highest BCUT2D eigenvalue weighted by Gasteiger charge is 2.19.